The van der Waals surface area contributed by atoms with Crippen LogP contribution in [0.5, 0.6) is 0 Å². The van der Waals surface area contributed by atoms with Crippen molar-refractivity contribution in [3.63, 3.8) is 0 Å². The molecule has 0 heterocycles. The minimum atomic E-state index is -4.65. The standard InChI is InChI=1S/C46H82NO8P/c1-6-8-10-12-14-16-18-20-22-23-25-27-29-31-33-35-37-39-46(49)55-44(43-54-56(50,51)53-41-40-47(3,4)5)42-52-45(48)38-36-34-32-30-28-26-24-21-19-17-15-13-11-9-7-2/h14,16,20,22,25,27,32,34,36,38,44H,6-13,15,17-19,21,23-24,26,28-31,33,35,37,39-43H2,1-5H3/b16-14+,22-20+,27-25+,34-32+,38-36+/t44-/m1/s1. The third kappa shape index (κ3) is 41.3. The van der Waals surface area contributed by atoms with Crippen molar-refractivity contribution in [3.8, 4) is 0 Å². The SMILES string of the molecule is CCCCC/C=C/C/C=C/C/C=C/CCCCCCC(=O)O[C@H](COC(=O)/C=C/C=C/CCCCCCCCCCCCC)COP(=O)([O-])OCC[N+](C)(C)C. The van der Waals surface area contributed by atoms with Crippen LogP contribution < -0.4 is 4.89 Å². The number of unbranched alkanes of at least 4 members (excludes halogenated alkanes) is 18. The van der Waals surface area contributed by atoms with Crippen molar-refractivity contribution >= 4 is 19.8 Å². The highest BCUT2D eigenvalue weighted by Crippen LogP contribution is 2.38. The van der Waals surface area contributed by atoms with Crippen LogP contribution in [0.4, 0.5) is 0 Å². The van der Waals surface area contributed by atoms with Gasteiger partial charge in [0.25, 0.3) is 7.82 Å². The first-order valence-electron chi connectivity index (χ1n) is 22.0. The van der Waals surface area contributed by atoms with Crippen LogP contribution in [0.2, 0.25) is 0 Å². The highest BCUT2D eigenvalue weighted by molar-refractivity contribution is 7.45. The number of phosphoric ester groups is 1. The molecule has 2 atom stereocenters. The monoisotopic (exact) mass is 808 g/mol. The molecule has 9 nitrogen and oxygen atoms in total. The van der Waals surface area contributed by atoms with E-state index in [4.69, 9.17) is 18.5 Å². The molecule has 1 unspecified atom stereocenters. The van der Waals surface area contributed by atoms with Gasteiger partial charge in [0.05, 0.1) is 27.7 Å². The zero-order valence-corrected chi connectivity index (χ0v) is 37.2. The molecule has 324 valence electrons. The van der Waals surface area contributed by atoms with E-state index >= 15 is 0 Å². The van der Waals surface area contributed by atoms with Gasteiger partial charge in [-0.15, -0.1) is 0 Å². The minimum absolute atomic E-state index is 0.0503. The Bertz CT molecular complexity index is 1140. The summed E-state index contributed by atoms with van der Waals surface area (Å²) in [6.45, 7) is 4.03. The molecule has 56 heavy (non-hydrogen) atoms. The van der Waals surface area contributed by atoms with Crippen molar-refractivity contribution in [2.24, 2.45) is 0 Å². The zero-order valence-electron chi connectivity index (χ0n) is 36.3. The lowest BCUT2D eigenvalue weighted by molar-refractivity contribution is -0.870. The van der Waals surface area contributed by atoms with Crippen molar-refractivity contribution < 1.29 is 42.1 Å². The molecule has 0 amide bonds. The van der Waals surface area contributed by atoms with Gasteiger partial charge in [0.2, 0.25) is 0 Å². The molecule has 0 saturated carbocycles. The van der Waals surface area contributed by atoms with Crippen LogP contribution in [0.3, 0.4) is 0 Å². The maximum atomic E-state index is 12.7. The summed E-state index contributed by atoms with van der Waals surface area (Å²) in [7, 11) is 1.10. The van der Waals surface area contributed by atoms with E-state index in [2.05, 4.69) is 50.3 Å². The van der Waals surface area contributed by atoms with Crippen molar-refractivity contribution in [2.75, 3.05) is 47.5 Å². The Morgan fingerprint density at radius 2 is 1.09 bits per heavy atom. The van der Waals surface area contributed by atoms with E-state index in [1.807, 2.05) is 33.3 Å². The molecule has 0 saturated heterocycles. The molecule has 0 aliphatic rings. The van der Waals surface area contributed by atoms with Gasteiger partial charge in [-0.3, -0.25) is 9.36 Å². The number of esters is 2. The number of phosphoric acid groups is 1. The predicted octanol–water partition coefficient (Wildman–Crippen LogP) is 11.8. The topological polar surface area (TPSA) is 111 Å². The smallest absolute Gasteiger partial charge is 0.330 e. The van der Waals surface area contributed by atoms with Gasteiger partial charge >= 0.3 is 11.9 Å². The number of carbonyl (C=O) groups is 2. The molecular weight excluding hydrogens is 725 g/mol. The van der Waals surface area contributed by atoms with Crippen LogP contribution in [-0.2, 0) is 32.7 Å². The lowest BCUT2D eigenvalue weighted by Gasteiger charge is -2.28. The normalized spacial score (nSPS) is 14.2. The van der Waals surface area contributed by atoms with E-state index in [0.29, 0.717) is 17.4 Å². The Hall–Kier alpha value is -2.29. The fourth-order valence-corrected chi connectivity index (χ4v) is 6.36. The van der Waals surface area contributed by atoms with Crippen molar-refractivity contribution in [3.05, 3.63) is 60.8 Å². The summed E-state index contributed by atoms with van der Waals surface area (Å²) in [5.41, 5.74) is 0. The fraction of sp³-hybridized carbons (Fsp3) is 0.739. The lowest BCUT2D eigenvalue weighted by atomic mass is 10.1. The Morgan fingerprint density at radius 3 is 1.66 bits per heavy atom. The van der Waals surface area contributed by atoms with E-state index in [0.717, 1.165) is 51.4 Å². The van der Waals surface area contributed by atoms with Gasteiger partial charge in [0.1, 0.15) is 19.8 Å². The molecule has 0 aromatic rings. The van der Waals surface area contributed by atoms with Gasteiger partial charge in [0, 0.05) is 12.5 Å². The summed E-state index contributed by atoms with van der Waals surface area (Å²) in [5.74, 6) is -1.12. The van der Waals surface area contributed by atoms with Gasteiger partial charge < -0.3 is 27.9 Å². The molecule has 0 aromatic carbocycles. The van der Waals surface area contributed by atoms with Crippen LogP contribution >= 0.6 is 7.82 Å². The Morgan fingerprint density at radius 1 is 0.607 bits per heavy atom. The molecule has 0 spiro atoms. The van der Waals surface area contributed by atoms with Crippen LogP contribution in [0.15, 0.2) is 60.8 Å². The highest BCUT2D eigenvalue weighted by Gasteiger charge is 2.21. The summed E-state index contributed by atoms with van der Waals surface area (Å²) in [6, 6.07) is 0. The van der Waals surface area contributed by atoms with E-state index in [-0.39, 0.29) is 19.6 Å². The maximum Gasteiger partial charge on any atom is 0.330 e. The second-order valence-electron chi connectivity index (χ2n) is 15.8. The summed E-state index contributed by atoms with van der Waals surface area (Å²) in [4.78, 5) is 37.4. The summed E-state index contributed by atoms with van der Waals surface area (Å²) < 4.78 is 33.7. The number of hydrogen-bond donors (Lipinski definition) is 0. The molecular formula is C46H82NO8P. The van der Waals surface area contributed by atoms with E-state index < -0.39 is 32.5 Å². The van der Waals surface area contributed by atoms with Gasteiger partial charge in [0.15, 0.2) is 6.10 Å². The molecule has 0 radical (unpaired) electrons. The first kappa shape index (κ1) is 53.7. The predicted molar refractivity (Wildman–Crippen MR) is 231 cm³/mol. The molecule has 0 bridgehead atoms. The third-order valence-electron chi connectivity index (χ3n) is 9.11. The molecule has 0 aromatic heterocycles. The number of carbonyl (C=O) groups excluding carboxylic acids is 2. The van der Waals surface area contributed by atoms with Crippen LogP contribution in [0, 0.1) is 0 Å². The molecule has 0 N–H and O–H groups in total. The lowest BCUT2D eigenvalue weighted by Crippen LogP contribution is -2.37. The van der Waals surface area contributed by atoms with Crippen LogP contribution in [0.25, 0.3) is 0 Å². The highest BCUT2D eigenvalue weighted by atomic mass is 31.2. The Balaban J connectivity index is 4.52. The Kier molecular flexibility index (Phi) is 36.7. The van der Waals surface area contributed by atoms with Crippen molar-refractivity contribution in [1.29, 1.82) is 0 Å². The quantitative estimate of drug-likeness (QED) is 0.0115. The second-order valence-corrected chi connectivity index (χ2v) is 17.2. The van der Waals surface area contributed by atoms with Crippen molar-refractivity contribution in [1.82, 2.24) is 0 Å². The van der Waals surface area contributed by atoms with E-state index in [1.54, 1.807) is 6.08 Å². The molecule has 0 rings (SSSR count). The third-order valence-corrected chi connectivity index (χ3v) is 10.1. The summed E-state index contributed by atoms with van der Waals surface area (Å²) >= 11 is 0. The van der Waals surface area contributed by atoms with Crippen LogP contribution in [-0.4, -0.2) is 70.0 Å². The number of hydrogen-bond acceptors (Lipinski definition) is 8. The largest absolute Gasteiger partial charge is 0.756 e. The summed E-state index contributed by atoms with van der Waals surface area (Å²) in [6.07, 6.45) is 45.9. The maximum absolute atomic E-state index is 12.7. The van der Waals surface area contributed by atoms with E-state index in [9.17, 15) is 19.0 Å². The minimum Gasteiger partial charge on any atom is -0.756 e. The molecule has 10 heteroatoms. The van der Waals surface area contributed by atoms with Gasteiger partial charge in [-0.2, -0.15) is 0 Å². The molecule has 0 fully saturated rings. The summed E-state index contributed by atoms with van der Waals surface area (Å²) in [5, 5.41) is 0. The fourth-order valence-electron chi connectivity index (χ4n) is 5.63. The number of quaternary nitrogens is 1. The molecule has 0 aliphatic heterocycles. The van der Waals surface area contributed by atoms with Gasteiger partial charge in [-0.1, -0.05) is 158 Å². The first-order chi connectivity index (χ1) is 27.0. The van der Waals surface area contributed by atoms with Crippen molar-refractivity contribution in [2.45, 2.75) is 174 Å². The number of rotatable bonds is 39. The first-order valence-corrected chi connectivity index (χ1v) is 23.5. The van der Waals surface area contributed by atoms with Crippen LogP contribution in [0.1, 0.15) is 168 Å². The Labute approximate surface area is 343 Å². The average Bonchev–Trinajstić information content (AvgIpc) is 3.15. The van der Waals surface area contributed by atoms with Gasteiger partial charge in [-0.05, 0) is 57.8 Å². The number of nitrogens with zero attached hydrogens (tertiary/aromatic N) is 1. The molecule has 0 aliphatic carbocycles. The second kappa shape index (κ2) is 38.2. The number of allylic oxidation sites excluding steroid dienone is 9. The zero-order chi connectivity index (χ0) is 41.4. The number of ether oxygens (including phenoxy) is 2. The number of likely N-dealkylation sites (N-methyl/N-ethyl adjacent to an activating group) is 1. The average molecular weight is 808 g/mol. The van der Waals surface area contributed by atoms with E-state index in [1.165, 1.54) is 96.0 Å². The van der Waals surface area contributed by atoms with Gasteiger partial charge in [-0.25, -0.2) is 4.79 Å².